The molecule has 1 saturated carbocycles. The molecule has 2 fully saturated rings. The molecule has 2 aliphatic carbocycles. The Morgan fingerprint density at radius 1 is 1.48 bits per heavy atom. The number of ether oxygens (including phenoxy) is 2. The third kappa shape index (κ3) is 1.59. The molecular weight excluding hydrogens is 318 g/mol. The van der Waals surface area contributed by atoms with E-state index in [9.17, 15) is 9.90 Å². The highest BCUT2D eigenvalue weighted by Crippen LogP contribution is 2.64. The van der Waals surface area contributed by atoms with E-state index in [4.69, 9.17) is 9.47 Å². The molecule has 5 nitrogen and oxygen atoms in total. The molecule has 25 heavy (non-hydrogen) atoms. The summed E-state index contributed by atoms with van der Waals surface area (Å²) >= 11 is 0. The van der Waals surface area contributed by atoms with Crippen LogP contribution in [0.3, 0.4) is 0 Å². The first-order valence-corrected chi connectivity index (χ1v) is 9.04. The van der Waals surface area contributed by atoms with Gasteiger partial charge in [-0.1, -0.05) is 12.1 Å². The minimum Gasteiger partial charge on any atom is -0.493 e. The van der Waals surface area contributed by atoms with Crippen molar-refractivity contribution in [3.8, 4) is 11.5 Å². The number of Topliss-reactive ketones (excluding diaryl/α,β-unsaturated/α-hetero) is 1. The zero-order chi connectivity index (χ0) is 17.4. The van der Waals surface area contributed by atoms with E-state index in [1.165, 1.54) is 5.56 Å². The normalized spacial score (nSPS) is 38.1. The van der Waals surface area contributed by atoms with E-state index in [1.807, 2.05) is 12.1 Å². The van der Waals surface area contributed by atoms with Crippen molar-refractivity contribution in [3.05, 3.63) is 35.9 Å². The van der Waals surface area contributed by atoms with E-state index in [0.29, 0.717) is 24.3 Å². The standard InChI is InChI=1S/C20H23NO4/c1-3-9-21-10-8-19-16-12-4-5-14(24-2)17(16)25-18(19)13(22)6-7-20(19,23)15(21)11-12/h3-5,15,18,23H,1,6-11H2,2H3/t15-,18+,19?,20-/m1/s1. The van der Waals surface area contributed by atoms with Gasteiger partial charge in [-0.05, 0) is 30.9 Å². The van der Waals surface area contributed by atoms with Gasteiger partial charge in [0.25, 0.3) is 0 Å². The van der Waals surface area contributed by atoms with Crippen LogP contribution in [0.15, 0.2) is 24.8 Å². The Morgan fingerprint density at radius 3 is 3.08 bits per heavy atom. The predicted octanol–water partition coefficient (Wildman–Crippen LogP) is 1.60. The van der Waals surface area contributed by atoms with Crippen LogP contribution in [-0.4, -0.2) is 53.7 Å². The first-order valence-electron chi connectivity index (χ1n) is 9.04. The SMILES string of the molecule is C=CCN1CCC23c4c5ccc(OC)c4O[C@H]2C(=O)CC[C@@]3(O)[C@H]1C5. The van der Waals surface area contributed by atoms with Gasteiger partial charge in [0, 0.05) is 31.1 Å². The summed E-state index contributed by atoms with van der Waals surface area (Å²) in [7, 11) is 1.62. The molecule has 2 aliphatic heterocycles. The number of ketones is 1. The molecule has 5 rings (SSSR count). The summed E-state index contributed by atoms with van der Waals surface area (Å²) in [5.74, 6) is 1.44. The summed E-state index contributed by atoms with van der Waals surface area (Å²) < 4.78 is 11.7. The van der Waals surface area contributed by atoms with Crippen LogP contribution in [0.1, 0.15) is 30.4 Å². The maximum Gasteiger partial charge on any atom is 0.174 e. The number of benzene rings is 1. The Bertz CT molecular complexity index is 790. The van der Waals surface area contributed by atoms with Crippen LogP contribution < -0.4 is 9.47 Å². The zero-order valence-electron chi connectivity index (χ0n) is 14.5. The molecule has 4 aliphatic rings. The molecule has 0 aromatic heterocycles. The van der Waals surface area contributed by atoms with Gasteiger partial charge in [-0.2, -0.15) is 0 Å². The summed E-state index contributed by atoms with van der Waals surface area (Å²) in [5.41, 5.74) is 0.623. The van der Waals surface area contributed by atoms with Gasteiger partial charge in [-0.3, -0.25) is 9.69 Å². The second kappa shape index (κ2) is 4.86. The number of hydrogen-bond acceptors (Lipinski definition) is 5. The fourth-order valence-electron chi connectivity index (χ4n) is 5.95. The minimum atomic E-state index is -0.947. The first kappa shape index (κ1) is 15.4. The van der Waals surface area contributed by atoms with Crippen LogP contribution in [0.25, 0.3) is 0 Å². The summed E-state index contributed by atoms with van der Waals surface area (Å²) in [6.07, 6.45) is 3.66. The average molecular weight is 341 g/mol. The molecule has 1 aromatic carbocycles. The Hall–Kier alpha value is -1.85. The Labute approximate surface area is 147 Å². The lowest BCUT2D eigenvalue weighted by atomic mass is 9.49. The fraction of sp³-hybridized carbons (Fsp3) is 0.550. The second-order valence-corrected chi connectivity index (χ2v) is 7.74. The molecule has 0 amide bonds. The number of aliphatic hydroxyl groups is 1. The number of nitrogens with zero attached hydrogens (tertiary/aromatic N) is 1. The van der Waals surface area contributed by atoms with Gasteiger partial charge >= 0.3 is 0 Å². The van der Waals surface area contributed by atoms with Crippen LogP contribution in [0, 0.1) is 0 Å². The molecule has 1 unspecified atom stereocenters. The number of hydrogen-bond donors (Lipinski definition) is 1. The van der Waals surface area contributed by atoms with Crippen molar-refractivity contribution in [2.45, 2.75) is 48.8 Å². The smallest absolute Gasteiger partial charge is 0.174 e. The lowest BCUT2D eigenvalue weighted by molar-refractivity contribution is -0.187. The third-order valence-corrected chi connectivity index (χ3v) is 6.94. The number of methoxy groups -OCH3 is 1. The molecule has 1 aromatic rings. The van der Waals surface area contributed by atoms with Gasteiger partial charge < -0.3 is 14.6 Å². The van der Waals surface area contributed by atoms with Crippen LogP contribution in [0.5, 0.6) is 11.5 Å². The van der Waals surface area contributed by atoms with Crippen LogP contribution in [0.2, 0.25) is 0 Å². The van der Waals surface area contributed by atoms with E-state index >= 15 is 0 Å². The molecule has 2 heterocycles. The highest BCUT2D eigenvalue weighted by atomic mass is 16.5. The molecule has 132 valence electrons. The van der Waals surface area contributed by atoms with Gasteiger partial charge in [0.15, 0.2) is 23.4 Å². The largest absolute Gasteiger partial charge is 0.493 e. The third-order valence-electron chi connectivity index (χ3n) is 6.94. The van der Waals surface area contributed by atoms with Gasteiger partial charge in [-0.25, -0.2) is 0 Å². The predicted molar refractivity (Wildman–Crippen MR) is 92.2 cm³/mol. The number of carbonyl (C=O) groups excluding carboxylic acids is 1. The van der Waals surface area contributed by atoms with Gasteiger partial charge in [0.2, 0.25) is 0 Å². The Kier molecular flexibility index (Phi) is 3.00. The maximum atomic E-state index is 12.8. The first-order chi connectivity index (χ1) is 12.1. The number of likely N-dealkylation sites (tertiary alicyclic amines) is 1. The molecular formula is C20H23NO4. The van der Waals surface area contributed by atoms with Crippen LogP contribution >= 0.6 is 0 Å². The topological polar surface area (TPSA) is 59.0 Å². The van der Waals surface area contributed by atoms with Crippen LogP contribution in [0.4, 0.5) is 0 Å². The van der Waals surface area contributed by atoms with E-state index in [1.54, 1.807) is 7.11 Å². The van der Waals surface area contributed by atoms with E-state index in [0.717, 1.165) is 31.5 Å². The molecule has 1 saturated heterocycles. The van der Waals surface area contributed by atoms with Crippen molar-refractivity contribution in [2.24, 2.45) is 0 Å². The fourth-order valence-corrected chi connectivity index (χ4v) is 5.95. The van der Waals surface area contributed by atoms with Crippen molar-refractivity contribution in [1.82, 2.24) is 4.90 Å². The van der Waals surface area contributed by atoms with Gasteiger partial charge in [0.05, 0.1) is 18.1 Å². The zero-order valence-corrected chi connectivity index (χ0v) is 14.5. The van der Waals surface area contributed by atoms with E-state index in [2.05, 4.69) is 17.5 Å². The van der Waals surface area contributed by atoms with Crippen molar-refractivity contribution < 1.29 is 19.4 Å². The summed E-state index contributed by atoms with van der Waals surface area (Å²) in [5, 5.41) is 11.9. The molecule has 1 N–H and O–H groups in total. The lowest BCUT2D eigenvalue weighted by Gasteiger charge is -2.62. The van der Waals surface area contributed by atoms with Crippen LogP contribution in [-0.2, 0) is 16.6 Å². The highest BCUT2D eigenvalue weighted by molar-refractivity contribution is 5.90. The summed E-state index contributed by atoms with van der Waals surface area (Å²) in [4.78, 5) is 15.1. The highest BCUT2D eigenvalue weighted by Gasteiger charge is 2.73. The number of piperidine rings is 1. The second-order valence-electron chi connectivity index (χ2n) is 7.74. The minimum absolute atomic E-state index is 0.00899. The quantitative estimate of drug-likeness (QED) is 0.847. The van der Waals surface area contributed by atoms with Crippen molar-refractivity contribution in [1.29, 1.82) is 0 Å². The Balaban J connectivity index is 1.79. The molecule has 4 atom stereocenters. The van der Waals surface area contributed by atoms with Gasteiger partial charge in [-0.15, -0.1) is 6.58 Å². The van der Waals surface area contributed by atoms with Crippen molar-refractivity contribution in [2.75, 3.05) is 20.2 Å². The van der Waals surface area contributed by atoms with Crippen molar-refractivity contribution in [3.63, 3.8) is 0 Å². The molecule has 0 radical (unpaired) electrons. The lowest BCUT2D eigenvalue weighted by Crippen LogP contribution is -2.76. The number of carbonyl (C=O) groups is 1. The summed E-state index contributed by atoms with van der Waals surface area (Å²) in [6, 6.07) is 3.99. The monoisotopic (exact) mass is 341 g/mol. The summed E-state index contributed by atoms with van der Waals surface area (Å²) in [6.45, 7) is 5.46. The maximum absolute atomic E-state index is 12.8. The molecule has 5 heteroatoms. The van der Waals surface area contributed by atoms with E-state index < -0.39 is 17.1 Å². The molecule has 2 bridgehead atoms. The Morgan fingerprint density at radius 2 is 2.32 bits per heavy atom. The van der Waals surface area contributed by atoms with E-state index in [-0.39, 0.29) is 11.8 Å². The number of rotatable bonds is 3. The van der Waals surface area contributed by atoms with Gasteiger partial charge in [0.1, 0.15) is 0 Å². The van der Waals surface area contributed by atoms with Crippen molar-refractivity contribution >= 4 is 5.78 Å². The molecule has 1 spiro atoms. The average Bonchev–Trinajstić information content (AvgIpc) is 2.96.